The van der Waals surface area contributed by atoms with Gasteiger partial charge in [-0.3, -0.25) is 19.6 Å². The standard InChI is InChI=1S/C25H38N4O3/c1-2-32-25(30)16-27-9-11-28(12-10-27)21-4-3-5-22(15-21)29-18-26-23-14-19(6-7-24(23)29)20-8-13-31-17-20/h8,13,17-19,21-24H,2-7,9-12,14-16H2,1H3. The van der Waals surface area contributed by atoms with Gasteiger partial charge in [0, 0.05) is 38.3 Å². The van der Waals surface area contributed by atoms with Crippen molar-refractivity contribution >= 4 is 12.3 Å². The van der Waals surface area contributed by atoms with Crippen molar-refractivity contribution in [2.45, 2.75) is 82.0 Å². The van der Waals surface area contributed by atoms with E-state index in [-0.39, 0.29) is 5.97 Å². The van der Waals surface area contributed by atoms with Gasteiger partial charge in [0.1, 0.15) is 0 Å². The lowest BCUT2D eigenvalue weighted by Crippen LogP contribution is -2.55. The van der Waals surface area contributed by atoms with E-state index < -0.39 is 0 Å². The van der Waals surface area contributed by atoms with E-state index in [1.54, 1.807) is 6.26 Å². The SMILES string of the molecule is CCOC(=O)CN1CCN(C2CCCC(N3C=NC4CC(c5ccoc5)CCC43)C2)CC1. The maximum atomic E-state index is 11.8. The van der Waals surface area contributed by atoms with Gasteiger partial charge in [-0.15, -0.1) is 0 Å². The van der Waals surface area contributed by atoms with Gasteiger partial charge in [0.2, 0.25) is 0 Å². The summed E-state index contributed by atoms with van der Waals surface area (Å²) in [5, 5.41) is 0. The van der Waals surface area contributed by atoms with Crippen molar-refractivity contribution < 1.29 is 13.9 Å². The summed E-state index contributed by atoms with van der Waals surface area (Å²) in [4.78, 5) is 24.3. The molecule has 176 valence electrons. The van der Waals surface area contributed by atoms with Gasteiger partial charge in [0.05, 0.1) is 44.1 Å². The van der Waals surface area contributed by atoms with E-state index in [4.69, 9.17) is 14.1 Å². The zero-order chi connectivity index (χ0) is 21.9. The van der Waals surface area contributed by atoms with Crippen LogP contribution >= 0.6 is 0 Å². The van der Waals surface area contributed by atoms with E-state index in [1.807, 2.05) is 13.2 Å². The predicted octanol–water partition coefficient (Wildman–Crippen LogP) is 3.12. The molecule has 3 fully saturated rings. The van der Waals surface area contributed by atoms with Crippen molar-refractivity contribution in [3.05, 3.63) is 24.2 Å². The van der Waals surface area contributed by atoms with Crippen molar-refractivity contribution in [2.75, 3.05) is 39.3 Å². The van der Waals surface area contributed by atoms with Crippen LogP contribution in [-0.2, 0) is 9.53 Å². The Hall–Kier alpha value is -1.86. The third-order valence-electron chi connectivity index (χ3n) is 8.19. The minimum Gasteiger partial charge on any atom is -0.472 e. The van der Waals surface area contributed by atoms with Gasteiger partial charge in [-0.25, -0.2) is 0 Å². The number of carbonyl (C=O) groups is 1. The highest BCUT2D eigenvalue weighted by Gasteiger charge is 2.41. The third kappa shape index (κ3) is 4.74. The monoisotopic (exact) mass is 442 g/mol. The summed E-state index contributed by atoms with van der Waals surface area (Å²) in [6.07, 6.45) is 14.7. The van der Waals surface area contributed by atoms with Crippen molar-refractivity contribution in [1.82, 2.24) is 14.7 Å². The van der Waals surface area contributed by atoms with Gasteiger partial charge in [0.25, 0.3) is 0 Å². The molecule has 7 heteroatoms. The van der Waals surface area contributed by atoms with E-state index >= 15 is 0 Å². The second-order valence-electron chi connectivity index (χ2n) is 10.0. The highest BCUT2D eigenvalue weighted by atomic mass is 16.5. The van der Waals surface area contributed by atoms with Gasteiger partial charge in [-0.1, -0.05) is 0 Å². The molecule has 2 aliphatic carbocycles. The first-order valence-electron chi connectivity index (χ1n) is 12.7. The van der Waals surface area contributed by atoms with Crippen LogP contribution in [0.2, 0.25) is 0 Å². The summed E-state index contributed by atoms with van der Waals surface area (Å²) < 4.78 is 10.4. The Morgan fingerprint density at radius 3 is 2.75 bits per heavy atom. The molecule has 5 unspecified atom stereocenters. The van der Waals surface area contributed by atoms with E-state index in [9.17, 15) is 4.79 Å². The molecular weight excluding hydrogens is 404 g/mol. The molecule has 5 atom stereocenters. The number of hydrogen-bond donors (Lipinski definition) is 0. The van der Waals surface area contributed by atoms with E-state index in [0.717, 1.165) is 32.6 Å². The molecule has 32 heavy (non-hydrogen) atoms. The smallest absolute Gasteiger partial charge is 0.320 e. The average molecular weight is 443 g/mol. The lowest BCUT2D eigenvalue weighted by atomic mass is 9.78. The van der Waals surface area contributed by atoms with Crippen LogP contribution in [0.5, 0.6) is 0 Å². The van der Waals surface area contributed by atoms with Crippen molar-refractivity contribution in [2.24, 2.45) is 4.99 Å². The molecule has 3 heterocycles. The molecule has 2 aliphatic heterocycles. The van der Waals surface area contributed by atoms with Crippen molar-refractivity contribution in [3.8, 4) is 0 Å². The number of furan rings is 1. The quantitative estimate of drug-likeness (QED) is 0.631. The van der Waals surface area contributed by atoms with Gasteiger partial charge < -0.3 is 14.1 Å². The molecule has 0 N–H and O–H groups in total. The normalized spacial score (nSPS) is 33.9. The van der Waals surface area contributed by atoms with Crippen LogP contribution in [0.1, 0.15) is 63.4 Å². The Labute approximate surface area is 191 Å². The molecule has 5 rings (SSSR count). The molecule has 0 bridgehead atoms. The highest BCUT2D eigenvalue weighted by Crippen LogP contribution is 2.40. The Bertz CT molecular complexity index is 774. The summed E-state index contributed by atoms with van der Waals surface area (Å²) in [5.74, 6) is 0.501. The topological polar surface area (TPSA) is 61.5 Å². The van der Waals surface area contributed by atoms with Crippen LogP contribution in [-0.4, -0.2) is 90.5 Å². The zero-order valence-electron chi connectivity index (χ0n) is 19.4. The minimum atomic E-state index is -0.0935. The lowest BCUT2D eigenvalue weighted by molar-refractivity contribution is -0.145. The van der Waals surface area contributed by atoms with Crippen LogP contribution < -0.4 is 0 Å². The Morgan fingerprint density at radius 2 is 1.97 bits per heavy atom. The molecule has 4 aliphatic rings. The molecular formula is C25H38N4O3. The van der Waals surface area contributed by atoms with Crippen LogP contribution in [0.4, 0.5) is 0 Å². The van der Waals surface area contributed by atoms with Gasteiger partial charge in [-0.05, 0) is 69.4 Å². The van der Waals surface area contributed by atoms with Crippen LogP contribution in [0, 0.1) is 0 Å². The number of carbonyl (C=O) groups excluding carboxylic acids is 1. The second-order valence-corrected chi connectivity index (χ2v) is 10.0. The first kappa shape index (κ1) is 22.0. The Morgan fingerprint density at radius 1 is 1.12 bits per heavy atom. The lowest BCUT2D eigenvalue weighted by Gasteiger charge is -2.46. The number of ether oxygens (including phenoxy) is 1. The maximum absolute atomic E-state index is 11.8. The molecule has 1 aromatic heterocycles. The third-order valence-corrected chi connectivity index (χ3v) is 8.19. The average Bonchev–Trinajstić information content (AvgIpc) is 3.50. The molecule has 1 aromatic rings. The predicted molar refractivity (Wildman–Crippen MR) is 124 cm³/mol. The number of hydrogen-bond acceptors (Lipinski definition) is 7. The van der Waals surface area contributed by atoms with E-state index in [2.05, 4.69) is 27.1 Å². The first-order chi connectivity index (χ1) is 15.7. The summed E-state index contributed by atoms with van der Waals surface area (Å²) in [7, 11) is 0. The van der Waals surface area contributed by atoms with E-state index in [1.165, 1.54) is 44.1 Å². The number of piperazine rings is 1. The molecule has 7 nitrogen and oxygen atoms in total. The molecule has 0 amide bonds. The highest BCUT2D eigenvalue weighted by molar-refractivity contribution is 5.71. The fourth-order valence-electron chi connectivity index (χ4n) is 6.48. The van der Waals surface area contributed by atoms with Gasteiger partial charge in [-0.2, -0.15) is 0 Å². The molecule has 1 saturated heterocycles. The molecule has 0 spiro atoms. The zero-order valence-corrected chi connectivity index (χ0v) is 19.4. The number of esters is 1. The number of nitrogens with zero attached hydrogens (tertiary/aromatic N) is 4. The maximum Gasteiger partial charge on any atom is 0.320 e. The van der Waals surface area contributed by atoms with Gasteiger partial charge in [0.15, 0.2) is 0 Å². The first-order valence-corrected chi connectivity index (χ1v) is 12.7. The number of aliphatic imine (C=N–C) groups is 1. The fourth-order valence-corrected chi connectivity index (χ4v) is 6.48. The summed E-state index contributed by atoms with van der Waals surface area (Å²) in [5.41, 5.74) is 1.34. The summed E-state index contributed by atoms with van der Waals surface area (Å²) in [6.45, 7) is 6.81. The van der Waals surface area contributed by atoms with Crippen LogP contribution in [0.25, 0.3) is 0 Å². The largest absolute Gasteiger partial charge is 0.472 e. The number of rotatable bonds is 6. The minimum absolute atomic E-state index is 0.0935. The fraction of sp³-hybridized carbons (Fsp3) is 0.760. The summed E-state index contributed by atoms with van der Waals surface area (Å²) in [6, 6.07) is 4.43. The van der Waals surface area contributed by atoms with Crippen molar-refractivity contribution in [1.29, 1.82) is 0 Å². The van der Waals surface area contributed by atoms with Gasteiger partial charge >= 0.3 is 5.97 Å². The summed E-state index contributed by atoms with van der Waals surface area (Å²) >= 11 is 0. The van der Waals surface area contributed by atoms with Crippen LogP contribution in [0.3, 0.4) is 0 Å². The molecule has 0 radical (unpaired) electrons. The molecule has 2 saturated carbocycles. The molecule has 0 aromatic carbocycles. The Kier molecular flexibility index (Phi) is 6.83. The van der Waals surface area contributed by atoms with Crippen molar-refractivity contribution in [3.63, 3.8) is 0 Å². The second kappa shape index (κ2) is 9.96. The number of fused-ring (bicyclic) bond motifs is 1. The van der Waals surface area contributed by atoms with Crippen LogP contribution in [0.15, 0.2) is 28.0 Å². The van der Waals surface area contributed by atoms with E-state index in [0.29, 0.717) is 43.2 Å². The Balaban J connectivity index is 1.12.